The summed E-state index contributed by atoms with van der Waals surface area (Å²) in [6.45, 7) is 10.7. The van der Waals surface area contributed by atoms with Crippen molar-refractivity contribution >= 4 is 28.6 Å². The molecule has 0 spiro atoms. The summed E-state index contributed by atoms with van der Waals surface area (Å²) in [4.78, 5) is 23.1. The smallest absolute Gasteiger partial charge is 0.224 e. The Hall–Kier alpha value is -3.17. The molecular formula is C28H32N4O3S2. The maximum absolute atomic E-state index is 13.2. The average molecular weight is 537 g/mol. The van der Waals surface area contributed by atoms with Crippen LogP contribution in [0.5, 0.6) is 11.5 Å². The number of benzene rings is 1. The molecule has 5 rings (SSSR count). The molecule has 0 saturated heterocycles. The first kappa shape index (κ1) is 25.5. The van der Waals surface area contributed by atoms with Crippen LogP contribution < -0.4 is 9.47 Å². The lowest BCUT2D eigenvalue weighted by Gasteiger charge is -2.20. The Kier molecular flexibility index (Phi) is 7.62. The van der Waals surface area contributed by atoms with E-state index in [1.54, 1.807) is 22.7 Å². The van der Waals surface area contributed by atoms with Gasteiger partial charge in [0.2, 0.25) is 5.91 Å². The summed E-state index contributed by atoms with van der Waals surface area (Å²) >= 11 is 3.41. The number of thiazole rings is 1. The molecule has 1 aliphatic rings. The van der Waals surface area contributed by atoms with Crippen LogP contribution in [-0.2, 0) is 24.3 Å². The van der Waals surface area contributed by atoms with E-state index >= 15 is 0 Å². The topological polar surface area (TPSA) is 69.5 Å². The van der Waals surface area contributed by atoms with Crippen LogP contribution in [-0.4, -0.2) is 45.3 Å². The number of ether oxygens (including phenoxy) is 2. The van der Waals surface area contributed by atoms with Gasteiger partial charge in [0.05, 0.1) is 30.1 Å². The molecule has 0 radical (unpaired) electrons. The predicted octanol–water partition coefficient (Wildman–Crippen LogP) is 5.73. The van der Waals surface area contributed by atoms with Crippen LogP contribution in [0.2, 0.25) is 0 Å². The van der Waals surface area contributed by atoms with E-state index in [2.05, 4.69) is 41.3 Å². The lowest BCUT2D eigenvalue weighted by atomic mass is 10.1. The van der Waals surface area contributed by atoms with Gasteiger partial charge in [-0.15, -0.1) is 22.7 Å². The molecule has 4 heterocycles. The summed E-state index contributed by atoms with van der Waals surface area (Å²) < 4.78 is 14.4. The second-order valence-electron chi connectivity index (χ2n) is 9.40. The van der Waals surface area contributed by atoms with Crippen LogP contribution in [0.1, 0.15) is 38.8 Å². The normalized spacial score (nSPS) is 13.2. The van der Waals surface area contributed by atoms with Gasteiger partial charge < -0.3 is 14.4 Å². The number of rotatable bonds is 8. The van der Waals surface area contributed by atoms with E-state index in [-0.39, 0.29) is 5.91 Å². The third-order valence-corrected chi connectivity index (χ3v) is 8.60. The standard InChI is InChI=1S/C28H32N4O3S2/c1-18-13-19(2)32(30-18)9-7-27(33)31-10-12-35-28-23(16-31)14-22(26-6-5-20(3)37-26)15-24(28)34-11-8-25-21(4)29-17-36-25/h5-6,13-15,17H,7-12,16H2,1-4H3. The van der Waals surface area contributed by atoms with Crippen LogP contribution in [0.3, 0.4) is 0 Å². The summed E-state index contributed by atoms with van der Waals surface area (Å²) in [5, 5.41) is 4.50. The van der Waals surface area contributed by atoms with Crippen LogP contribution in [0.4, 0.5) is 0 Å². The van der Waals surface area contributed by atoms with Gasteiger partial charge in [0.1, 0.15) is 6.61 Å². The minimum atomic E-state index is 0.101. The van der Waals surface area contributed by atoms with E-state index < -0.39 is 0 Å². The van der Waals surface area contributed by atoms with Crippen molar-refractivity contribution in [1.82, 2.24) is 19.7 Å². The first-order valence-corrected chi connectivity index (χ1v) is 14.2. The number of aryl methyl sites for hydroxylation is 5. The molecule has 0 N–H and O–H groups in total. The Balaban J connectivity index is 1.37. The largest absolute Gasteiger partial charge is 0.489 e. The number of carbonyl (C=O) groups is 1. The molecule has 0 saturated carbocycles. The Labute approximate surface area is 225 Å². The van der Waals surface area contributed by atoms with Crippen molar-refractivity contribution in [1.29, 1.82) is 0 Å². The summed E-state index contributed by atoms with van der Waals surface area (Å²) in [5.41, 5.74) is 7.03. The van der Waals surface area contributed by atoms with E-state index in [1.807, 2.05) is 41.9 Å². The Bertz CT molecular complexity index is 1400. The molecule has 9 heteroatoms. The van der Waals surface area contributed by atoms with Gasteiger partial charge in [0, 0.05) is 51.8 Å². The van der Waals surface area contributed by atoms with Crippen molar-refractivity contribution in [2.24, 2.45) is 0 Å². The van der Waals surface area contributed by atoms with Gasteiger partial charge in [-0.25, -0.2) is 4.98 Å². The van der Waals surface area contributed by atoms with Crippen LogP contribution in [0.25, 0.3) is 10.4 Å². The van der Waals surface area contributed by atoms with E-state index in [4.69, 9.17) is 9.47 Å². The van der Waals surface area contributed by atoms with Gasteiger partial charge in [-0.1, -0.05) is 0 Å². The Morgan fingerprint density at radius 1 is 1.16 bits per heavy atom. The van der Waals surface area contributed by atoms with Crippen LogP contribution in [0, 0.1) is 27.7 Å². The van der Waals surface area contributed by atoms with Crippen LogP contribution >= 0.6 is 22.7 Å². The van der Waals surface area contributed by atoms with Crippen LogP contribution in [0.15, 0.2) is 35.8 Å². The predicted molar refractivity (Wildman–Crippen MR) is 148 cm³/mol. The fourth-order valence-corrected chi connectivity index (χ4v) is 6.23. The number of hydrogen-bond donors (Lipinski definition) is 0. The fraction of sp³-hybridized carbons (Fsp3) is 0.393. The highest BCUT2D eigenvalue weighted by atomic mass is 32.1. The van der Waals surface area contributed by atoms with Gasteiger partial charge in [0.15, 0.2) is 11.5 Å². The highest BCUT2D eigenvalue weighted by Gasteiger charge is 2.24. The fourth-order valence-electron chi connectivity index (χ4n) is 4.62. The zero-order chi connectivity index (χ0) is 25.9. The van der Waals surface area contributed by atoms with Gasteiger partial charge in [0.25, 0.3) is 0 Å². The summed E-state index contributed by atoms with van der Waals surface area (Å²) in [6, 6.07) is 10.5. The highest BCUT2D eigenvalue weighted by Crippen LogP contribution is 2.40. The first-order chi connectivity index (χ1) is 17.9. The molecule has 0 aliphatic carbocycles. The van der Waals surface area contributed by atoms with Crippen molar-refractivity contribution in [3.8, 4) is 21.9 Å². The third-order valence-electron chi connectivity index (χ3n) is 6.55. The van der Waals surface area contributed by atoms with E-state index in [0.29, 0.717) is 39.3 Å². The molecule has 194 valence electrons. The van der Waals surface area contributed by atoms with Gasteiger partial charge in [-0.2, -0.15) is 5.10 Å². The Morgan fingerprint density at radius 2 is 2.03 bits per heavy atom. The molecule has 0 atom stereocenters. The monoisotopic (exact) mass is 536 g/mol. The summed E-state index contributed by atoms with van der Waals surface area (Å²) in [7, 11) is 0. The molecule has 1 aromatic carbocycles. The molecule has 1 aliphatic heterocycles. The summed E-state index contributed by atoms with van der Waals surface area (Å²) in [6.07, 6.45) is 1.20. The molecule has 0 unspecified atom stereocenters. The third kappa shape index (κ3) is 5.88. The number of carbonyl (C=O) groups excluding carboxylic acids is 1. The van der Waals surface area contributed by atoms with Crippen molar-refractivity contribution < 1.29 is 14.3 Å². The number of hydrogen-bond acceptors (Lipinski definition) is 7. The molecule has 0 bridgehead atoms. The van der Waals surface area contributed by atoms with Crippen molar-refractivity contribution in [2.75, 3.05) is 19.8 Å². The minimum Gasteiger partial charge on any atom is -0.489 e. The zero-order valence-electron chi connectivity index (χ0n) is 21.7. The Morgan fingerprint density at radius 3 is 2.73 bits per heavy atom. The second-order valence-corrected chi connectivity index (χ2v) is 11.6. The number of thiophene rings is 1. The number of amides is 1. The first-order valence-electron chi connectivity index (χ1n) is 12.5. The molecule has 0 fully saturated rings. The maximum atomic E-state index is 13.2. The van der Waals surface area contributed by atoms with Gasteiger partial charge >= 0.3 is 0 Å². The number of nitrogens with zero attached hydrogens (tertiary/aromatic N) is 4. The molecule has 1 amide bonds. The molecular weight excluding hydrogens is 504 g/mol. The quantitative estimate of drug-likeness (QED) is 0.287. The lowest BCUT2D eigenvalue weighted by Crippen LogP contribution is -2.33. The molecule has 37 heavy (non-hydrogen) atoms. The SMILES string of the molecule is Cc1cc(C)n(CCC(=O)N2CCOc3c(cc(-c4ccc(C)s4)cc3OCCc3scnc3C)C2)n1. The zero-order valence-corrected chi connectivity index (χ0v) is 23.4. The van der Waals surface area contributed by atoms with Gasteiger partial charge in [-0.3, -0.25) is 9.48 Å². The maximum Gasteiger partial charge on any atom is 0.224 e. The van der Waals surface area contributed by atoms with E-state index in [9.17, 15) is 4.79 Å². The summed E-state index contributed by atoms with van der Waals surface area (Å²) in [5.74, 6) is 1.58. The highest BCUT2D eigenvalue weighted by molar-refractivity contribution is 7.15. The number of fused-ring (bicyclic) bond motifs is 1. The van der Waals surface area contributed by atoms with Crippen molar-refractivity contribution in [3.05, 3.63) is 68.2 Å². The van der Waals surface area contributed by atoms with Crippen molar-refractivity contribution in [3.63, 3.8) is 0 Å². The average Bonchev–Trinajstić information content (AvgIpc) is 3.52. The van der Waals surface area contributed by atoms with E-state index in [0.717, 1.165) is 46.1 Å². The lowest BCUT2D eigenvalue weighted by molar-refractivity contribution is -0.132. The minimum absolute atomic E-state index is 0.101. The second kappa shape index (κ2) is 11.1. The van der Waals surface area contributed by atoms with E-state index in [1.165, 1.54) is 14.6 Å². The molecule has 7 nitrogen and oxygen atoms in total. The van der Waals surface area contributed by atoms with Crippen molar-refractivity contribution in [2.45, 2.75) is 53.6 Å². The molecule has 3 aromatic heterocycles. The molecule has 4 aromatic rings. The van der Waals surface area contributed by atoms with Gasteiger partial charge in [-0.05, 0) is 63.6 Å². The number of aromatic nitrogens is 3.